The van der Waals surface area contributed by atoms with E-state index in [-0.39, 0.29) is 107 Å². The molecule has 0 bridgehead atoms. The average Bonchev–Trinajstić information content (AvgIpc) is 0.852. The Balaban J connectivity index is 1.03. The molecule has 0 spiro atoms. The molecule has 132 heavy (non-hydrogen) atoms. The number of halogens is 3. The number of aromatic hydroxyl groups is 1. The fourth-order valence-electron chi connectivity index (χ4n) is 15.6. The smallest absolute Gasteiger partial charge is 0.305 e. The number of fused-ring (bicyclic) bond motifs is 1. The minimum atomic E-state index is -1.84. The van der Waals surface area contributed by atoms with Crippen LogP contribution in [-0.4, -0.2) is 296 Å². The molecule has 3 heterocycles. The highest BCUT2D eigenvalue weighted by atomic mass is 32.2. The number of aliphatic hydroxyl groups is 1. The lowest BCUT2D eigenvalue weighted by Gasteiger charge is -2.38. The van der Waals surface area contributed by atoms with E-state index >= 15 is 32.8 Å². The van der Waals surface area contributed by atoms with Gasteiger partial charge in [0.2, 0.25) is 76.8 Å². The first-order valence-corrected chi connectivity index (χ1v) is 44.5. The van der Waals surface area contributed by atoms with Gasteiger partial charge in [-0.2, -0.15) is 0 Å². The highest BCUT2D eigenvalue weighted by molar-refractivity contribution is 8.00. The van der Waals surface area contributed by atoms with Gasteiger partial charge in [-0.15, -0.1) is 11.8 Å². The number of phenols is 1. The molecule has 8 rings (SSSR count). The van der Waals surface area contributed by atoms with Crippen LogP contribution in [0.4, 0.5) is 13.2 Å². The molecule has 0 radical (unpaired) electrons. The molecule has 17 N–H and O–H groups in total. The number of nitrogens with one attached hydrogen (secondary N) is 9. The molecule has 5 aromatic carbocycles. The molecule has 41 heteroatoms. The summed E-state index contributed by atoms with van der Waals surface area (Å²) in [6.07, 6.45) is -0.445. The first-order valence-electron chi connectivity index (χ1n) is 43.4. The molecule has 13 atom stereocenters. The fraction of sp³-hybridized carbons (Fsp3) is 0.473. The first-order chi connectivity index (χ1) is 62.9. The summed E-state index contributed by atoms with van der Waals surface area (Å²) < 4.78 is 50.6. The highest BCUT2D eigenvalue weighted by Crippen LogP contribution is 2.28. The van der Waals surface area contributed by atoms with Gasteiger partial charge in [-0.3, -0.25) is 77.2 Å². The van der Waals surface area contributed by atoms with Crippen molar-refractivity contribution in [3.05, 3.63) is 173 Å². The van der Waals surface area contributed by atoms with Crippen LogP contribution in [0.3, 0.4) is 0 Å². The lowest BCUT2D eigenvalue weighted by molar-refractivity contribution is -0.152. The van der Waals surface area contributed by atoms with E-state index in [0.29, 0.717) is 64.6 Å². The van der Waals surface area contributed by atoms with E-state index in [1.807, 2.05) is 6.92 Å². The number of rotatable bonds is 52. The van der Waals surface area contributed by atoms with E-state index in [4.69, 9.17) is 16.2 Å². The normalized spacial score (nSPS) is 16.1. The van der Waals surface area contributed by atoms with E-state index in [2.05, 4.69) is 47.5 Å². The Kier molecular flexibility index (Phi) is 40.4. The summed E-state index contributed by atoms with van der Waals surface area (Å²) in [5, 5.41) is 62.1. The van der Waals surface area contributed by atoms with Crippen LogP contribution >= 0.6 is 11.8 Å². The number of para-hydroxylation sites is 1. The quantitative estimate of drug-likeness (QED) is 0.0110. The summed E-state index contributed by atoms with van der Waals surface area (Å²) in [5.74, 6) is -20.8. The number of likely N-dealkylation sites (N-methyl/N-ethyl adjacent to an activating group) is 3. The third kappa shape index (κ3) is 30.4. The van der Waals surface area contributed by atoms with Crippen LogP contribution in [0.2, 0.25) is 0 Å². The zero-order valence-electron chi connectivity index (χ0n) is 74.2. The van der Waals surface area contributed by atoms with Gasteiger partial charge >= 0.3 is 11.9 Å². The zero-order valence-corrected chi connectivity index (χ0v) is 75.0. The average molecular weight is 1860 g/mol. The second kappa shape index (κ2) is 51.1. The van der Waals surface area contributed by atoms with E-state index in [1.54, 1.807) is 105 Å². The van der Waals surface area contributed by atoms with Crippen molar-refractivity contribution in [3.63, 3.8) is 0 Å². The van der Waals surface area contributed by atoms with E-state index in [1.165, 1.54) is 50.3 Å². The van der Waals surface area contributed by atoms with Crippen LogP contribution in [0, 0.1) is 23.4 Å². The third-order valence-corrected chi connectivity index (χ3v) is 24.0. The van der Waals surface area contributed by atoms with E-state index in [9.17, 15) is 77.6 Å². The maximum atomic E-state index is 15.4. The SMILES string of the molecule is CCCC[C@@H](C(=O)N1CCC[C@@H]1C(=O)N[C@H](C=O)CC(=O)O)N(C)C(=O)[C@H](Cc1ccccc1)N(C)C(=O)[C@H](Cc1cc(F)c(F)c(F)c1)NC(=O)CSC[C@@H](COCNCC(N)=O)NC(=O)[C@H](CCO)NC(=O)[C@H](Cc1ccc(O)cc1)NC(=O)[C@H](Cc1c[nH]c2ccccc12)NC(=O)[C@H]1CCCN1C(=O)[C@H](CC(=O)O)NC(=O)[C@H](Cc1ccccc1)N(C)C(=O)[C@@H](N)C(C)C. The van der Waals surface area contributed by atoms with Gasteiger partial charge < -0.3 is 108 Å². The van der Waals surface area contributed by atoms with Gasteiger partial charge in [0.15, 0.2) is 17.5 Å². The summed E-state index contributed by atoms with van der Waals surface area (Å²) in [6.45, 7) is 3.31. The van der Waals surface area contributed by atoms with Crippen LogP contribution in [-0.2, 0) is 114 Å². The van der Waals surface area contributed by atoms with Crippen molar-refractivity contribution in [2.45, 2.75) is 196 Å². The predicted octanol–water partition coefficient (Wildman–Crippen LogP) is 1.15. The molecule has 2 saturated heterocycles. The van der Waals surface area contributed by atoms with Gasteiger partial charge in [-0.05, 0) is 103 Å². The Morgan fingerprint density at radius 3 is 1.70 bits per heavy atom. The number of hydrogen-bond acceptors (Lipinski definition) is 22. The first kappa shape index (κ1) is 105. The lowest BCUT2D eigenvalue weighted by atomic mass is 9.99. The summed E-state index contributed by atoms with van der Waals surface area (Å²) >= 11 is 0.822. The molecule has 2 aliphatic heterocycles. The Bertz CT molecular complexity index is 5000. The number of carboxylic acids is 2. The molecule has 2 fully saturated rings. The van der Waals surface area contributed by atoms with Crippen molar-refractivity contribution >= 4 is 118 Å². The molecule has 0 saturated carbocycles. The summed E-state index contributed by atoms with van der Waals surface area (Å²) in [4.78, 5) is 233. The molecule has 6 aromatic rings. The molecule has 13 amide bonds. The largest absolute Gasteiger partial charge is 0.508 e. The Morgan fingerprint density at radius 2 is 1.11 bits per heavy atom. The number of carboxylic acid groups (broad SMARTS) is 2. The topological polar surface area (TPSA) is 544 Å². The van der Waals surface area contributed by atoms with Gasteiger partial charge in [0.05, 0.1) is 56.6 Å². The number of carbonyl (C=O) groups excluding carboxylic acids is 14. The number of unbranched alkanes of at least 4 members (excludes halogenated alkanes) is 1. The third-order valence-electron chi connectivity index (χ3n) is 22.9. The number of amides is 13. The number of likely N-dealkylation sites (tertiary alicyclic amines) is 2. The van der Waals surface area contributed by atoms with Crippen LogP contribution in [0.25, 0.3) is 10.9 Å². The number of H-pyrrole nitrogens is 1. The highest BCUT2D eigenvalue weighted by Gasteiger charge is 2.46. The summed E-state index contributed by atoms with van der Waals surface area (Å²) in [7, 11) is 3.91. The second-order valence-electron chi connectivity index (χ2n) is 33.0. The van der Waals surface area contributed by atoms with Gasteiger partial charge in [0.25, 0.3) is 0 Å². The molecule has 1 aromatic heterocycles. The Labute approximate surface area is 764 Å². The number of aliphatic hydroxyl groups excluding tert-OH is 1. The number of phenolic OH excluding ortho intramolecular Hbond substituents is 1. The number of aliphatic carboxylic acids is 2. The van der Waals surface area contributed by atoms with Crippen molar-refractivity contribution in [3.8, 4) is 5.75 Å². The minimum Gasteiger partial charge on any atom is -0.508 e. The molecule has 2 aliphatic rings. The molecule has 0 aliphatic carbocycles. The van der Waals surface area contributed by atoms with Crippen molar-refractivity contribution in [1.82, 2.24) is 72.0 Å². The fourth-order valence-corrected chi connectivity index (χ4v) is 16.5. The second-order valence-corrected chi connectivity index (χ2v) is 34.1. The minimum absolute atomic E-state index is 0.0187. The molecule has 714 valence electrons. The van der Waals surface area contributed by atoms with Crippen molar-refractivity contribution in [1.29, 1.82) is 0 Å². The van der Waals surface area contributed by atoms with Crippen molar-refractivity contribution in [2.75, 3.05) is 72.2 Å². The maximum Gasteiger partial charge on any atom is 0.305 e. The van der Waals surface area contributed by atoms with Crippen molar-refractivity contribution in [2.24, 2.45) is 17.4 Å². The lowest BCUT2D eigenvalue weighted by Crippen LogP contribution is -2.61. The zero-order chi connectivity index (χ0) is 96.6. The summed E-state index contributed by atoms with van der Waals surface area (Å²) in [5.41, 5.74) is 13.8. The number of carbonyl (C=O) groups is 16. The number of nitrogens with zero attached hydrogens (tertiary/aromatic N) is 5. The Morgan fingerprint density at radius 1 is 0.583 bits per heavy atom. The van der Waals surface area contributed by atoms with Crippen LogP contribution in [0.5, 0.6) is 5.75 Å². The van der Waals surface area contributed by atoms with E-state index in [0.717, 1.165) is 31.4 Å². The number of ether oxygens (including phenoxy) is 1. The standard InChI is InChI=1S/C91H117F3N16O21S/c1-7-8-25-72(90(129)110-34-18-26-70(110)84(123)99-58(47-112)43-77(116)117)106(4)89(128)74(41-54-21-13-10-14-22-54)108(6)87(126)68(39-56-36-62(92)79(94)63(93)37-56)101-76(115)50-132-49-59(48-131-51-97-46-75(95)114)100-81(120)65(32-35-111)102-82(121)66(38-55-28-30-60(113)31-29-55)103-83(122)67(42-57-45-98-64-24-16-15-23-61(57)64)104-85(124)71-27-17-33-109(71)88(127)69(44-78(118)119)105-86(125)73(40-53-19-11-9-12-20-53)107(5)91(130)80(96)52(2)3/h9-16,19-24,28-31,36-37,45,47,52,58-59,65-74,80,97-98,111,113H,7-8,17-18,25-27,32-35,38-44,46,48-51,96H2,1-6H3,(H2,95,114)(H,99,123)(H,100,120)(H,101,115)(H,102,121)(H,103,122)(H,104,124)(H,105,125)(H,116,117)(H,118,119)/t58-,59+,65-,66-,67-,68-,69-,70+,71+,72-,73-,74-,80-/m0/s1. The van der Waals surface area contributed by atoms with Crippen LogP contribution < -0.4 is 54.0 Å². The number of thioether (sulfide) groups is 1. The van der Waals surface area contributed by atoms with Crippen molar-refractivity contribution < 1.29 is 115 Å². The van der Waals surface area contributed by atoms with Crippen LogP contribution in [0.1, 0.15) is 113 Å². The maximum absolute atomic E-state index is 15.4. The predicted molar refractivity (Wildman–Crippen MR) is 477 cm³/mol. The molecular weight excluding hydrogens is 1740 g/mol. The van der Waals surface area contributed by atoms with Gasteiger partial charge in [-0.25, -0.2) is 13.2 Å². The monoisotopic (exact) mass is 1860 g/mol. The van der Waals surface area contributed by atoms with Crippen LogP contribution in [0.15, 0.2) is 128 Å². The Hall–Kier alpha value is -12.9. The van der Waals surface area contributed by atoms with Gasteiger partial charge in [-0.1, -0.05) is 125 Å². The molecular formula is C91H117F3N16O21S. The number of primary amides is 1. The molecule has 0 unspecified atom stereocenters. The number of aromatic nitrogens is 1. The number of aromatic amines is 1. The van der Waals surface area contributed by atoms with E-state index < -0.39 is 229 Å². The van der Waals surface area contributed by atoms with Gasteiger partial charge in [0, 0.05) is 95.8 Å². The number of benzene rings is 5. The number of hydrogen-bond donors (Lipinski definition) is 15. The number of aldehydes is 1. The molecule has 37 nitrogen and oxygen atoms in total. The summed E-state index contributed by atoms with van der Waals surface area (Å²) in [6, 6.07) is 11.8. The van der Waals surface area contributed by atoms with Gasteiger partial charge in [0.1, 0.15) is 72.5 Å². The number of nitrogens with two attached hydrogens (primary N) is 2.